The smallest absolute Gasteiger partial charge is 0.290 e. The first-order valence-corrected chi connectivity index (χ1v) is 9.26. The molecule has 128 valence electrons. The molecule has 1 N–H and O–H groups in total. The molecule has 0 atom stereocenters. The Kier molecular flexibility index (Phi) is 5.30. The van der Waals surface area contributed by atoms with Gasteiger partial charge in [0.15, 0.2) is 0 Å². The fourth-order valence-corrected chi connectivity index (χ4v) is 3.55. The molecule has 0 saturated carbocycles. The number of nitrogens with one attached hydrogen (secondary N) is 1. The van der Waals surface area contributed by atoms with E-state index in [-0.39, 0.29) is 11.1 Å². The Morgan fingerprint density at radius 2 is 1.76 bits per heavy atom. The molecule has 1 aliphatic heterocycles. The minimum Gasteiger partial charge on any atom is -0.488 e. The van der Waals surface area contributed by atoms with Gasteiger partial charge in [-0.15, -0.1) is 0 Å². The maximum absolute atomic E-state index is 11.7. The summed E-state index contributed by atoms with van der Waals surface area (Å²) in [4.78, 5) is 23.3. The van der Waals surface area contributed by atoms with Crippen LogP contribution in [0.15, 0.2) is 45.8 Å². The maximum Gasteiger partial charge on any atom is 0.290 e. The quantitative estimate of drug-likeness (QED) is 0.713. The Hall–Kier alpha value is -2.05. The molecule has 1 fully saturated rings. The topological polar surface area (TPSA) is 55.4 Å². The summed E-state index contributed by atoms with van der Waals surface area (Å²) >= 11 is 4.34. The lowest BCUT2D eigenvalue weighted by Gasteiger charge is -2.13. The maximum atomic E-state index is 11.7. The van der Waals surface area contributed by atoms with E-state index in [0.717, 1.165) is 44.2 Å². The summed E-state index contributed by atoms with van der Waals surface area (Å²) in [5.41, 5.74) is 3.93. The van der Waals surface area contributed by atoms with Crippen molar-refractivity contribution in [3.63, 3.8) is 0 Å². The summed E-state index contributed by atoms with van der Waals surface area (Å²) in [6.45, 7) is 4.43. The van der Waals surface area contributed by atoms with E-state index < -0.39 is 0 Å². The SMILES string of the molecule is Cc1cc(/C=C2/SC(=O)NC2=O)cc(C)c1OCc1ccc(Br)cc1. The van der Waals surface area contributed by atoms with Crippen LogP contribution in [0.1, 0.15) is 22.3 Å². The molecule has 1 saturated heterocycles. The number of benzene rings is 2. The third-order valence-electron chi connectivity index (χ3n) is 3.72. The van der Waals surface area contributed by atoms with Crippen LogP contribution < -0.4 is 10.1 Å². The fraction of sp³-hybridized carbons (Fsp3) is 0.158. The van der Waals surface area contributed by atoms with E-state index in [4.69, 9.17) is 4.74 Å². The van der Waals surface area contributed by atoms with Crippen LogP contribution in [-0.2, 0) is 11.4 Å². The first-order chi connectivity index (χ1) is 11.9. The van der Waals surface area contributed by atoms with Crippen molar-refractivity contribution in [2.75, 3.05) is 0 Å². The van der Waals surface area contributed by atoms with Gasteiger partial charge < -0.3 is 4.74 Å². The lowest BCUT2D eigenvalue weighted by atomic mass is 10.0. The van der Waals surface area contributed by atoms with Crippen molar-refractivity contribution in [2.24, 2.45) is 0 Å². The molecule has 0 aromatic heterocycles. The number of carbonyl (C=O) groups is 2. The largest absolute Gasteiger partial charge is 0.488 e. The molecular weight excluding hydrogens is 402 g/mol. The van der Waals surface area contributed by atoms with Crippen molar-refractivity contribution in [1.29, 1.82) is 0 Å². The highest BCUT2D eigenvalue weighted by atomic mass is 79.9. The van der Waals surface area contributed by atoms with Crippen molar-refractivity contribution < 1.29 is 14.3 Å². The second kappa shape index (κ2) is 7.45. The van der Waals surface area contributed by atoms with Crippen molar-refractivity contribution >= 4 is 44.9 Å². The molecule has 0 radical (unpaired) electrons. The number of hydrogen-bond acceptors (Lipinski definition) is 4. The molecule has 0 unspecified atom stereocenters. The van der Waals surface area contributed by atoms with Gasteiger partial charge in [-0.1, -0.05) is 28.1 Å². The zero-order valence-corrected chi connectivity index (χ0v) is 16.2. The molecule has 0 spiro atoms. The molecule has 2 amide bonds. The summed E-state index contributed by atoms with van der Waals surface area (Å²) in [7, 11) is 0. The highest BCUT2D eigenvalue weighted by Gasteiger charge is 2.25. The highest BCUT2D eigenvalue weighted by molar-refractivity contribution is 9.10. The van der Waals surface area contributed by atoms with Crippen LogP contribution in [-0.4, -0.2) is 11.1 Å². The highest BCUT2D eigenvalue weighted by Crippen LogP contribution is 2.30. The van der Waals surface area contributed by atoms with Crippen molar-refractivity contribution in [2.45, 2.75) is 20.5 Å². The Labute approximate surface area is 158 Å². The van der Waals surface area contributed by atoms with E-state index in [1.54, 1.807) is 6.08 Å². The summed E-state index contributed by atoms with van der Waals surface area (Å²) in [6, 6.07) is 11.9. The van der Waals surface area contributed by atoms with Gasteiger partial charge in [-0.25, -0.2) is 0 Å². The van der Waals surface area contributed by atoms with Crippen molar-refractivity contribution in [1.82, 2.24) is 5.32 Å². The Balaban J connectivity index is 1.78. The van der Waals surface area contributed by atoms with Gasteiger partial charge in [0.25, 0.3) is 11.1 Å². The van der Waals surface area contributed by atoms with Crippen LogP contribution >= 0.6 is 27.7 Å². The summed E-state index contributed by atoms with van der Waals surface area (Å²) < 4.78 is 7.02. The number of thioether (sulfide) groups is 1. The van der Waals surface area contributed by atoms with E-state index in [1.807, 2.05) is 50.2 Å². The molecule has 2 aromatic rings. The van der Waals surface area contributed by atoms with Crippen LogP contribution in [0, 0.1) is 13.8 Å². The van der Waals surface area contributed by atoms with Crippen LogP contribution in [0.4, 0.5) is 4.79 Å². The molecule has 1 aliphatic rings. The van der Waals surface area contributed by atoms with Crippen molar-refractivity contribution in [3.8, 4) is 5.75 Å². The van der Waals surface area contributed by atoms with E-state index in [9.17, 15) is 9.59 Å². The Morgan fingerprint density at radius 3 is 2.32 bits per heavy atom. The average molecular weight is 418 g/mol. The van der Waals surface area contributed by atoms with Crippen LogP contribution in [0.25, 0.3) is 6.08 Å². The standard InChI is InChI=1S/C19H16BrNO3S/c1-11-7-14(9-16-18(22)21-19(23)25-16)8-12(2)17(11)24-10-13-3-5-15(20)6-4-13/h3-9H,10H2,1-2H3,(H,21,22,23)/b16-9+. The number of carbonyl (C=O) groups excluding carboxylic acids is 2. The molecule has 3 rings (SSSR count). The lowest BCUT2D eigenvalue weighted by Crippen LogP contribution is -2.17. The molecule has 1 heterocycles. The number of rotatable bonds is 4. The minimum atomic E-state index is -0.346. The van der Waals surface area contributed by atoms with Gasteiger partial charge in [-0.05, 0) is 78.2 Å². The number of amides is 2. The molecule has 2 aromatic carbocycles. The predicted octanol–water partition coefficient (Wildman–Crippen LogP) is 4.97. The predicted molar refractivity (Wildman–Crippen MR) is 103 cm³/mol. The molecule has 6 heteroatoms. The third-order valence-corrected chi connectivity index (χ3v) is 5.06. The van der Waals surface area contributed by atoms with Gasteiger partial charge in [0, 0.05) is 4.47 Å². The number of imide groups is 1. The normalized spacial score (nSPS) is 15.6. The van der Waals surface area contributed by atoms with Gasteiger partial charge in [-0.2, -0.15) is 0 Å². The molecule has 0 aliphatic carbocycles. The van der Waals surface area contributed by atoms with E-state index in [0.29, 0.717) is 11.5 Å². The fourth-order valence-electron chi connectivity index (χ4n) is 2.60. The Morgan fingerprint density at radius 1 is 1.12 bits per heavy atom. The van der Waals surface area contributed by atoms with Gasteiger partial charge in [-0.3, -0.25) is 14.9 Å². The van der Waals surface area contributed by atoms with Crippen LogP contribution in [0.5, 0.6) is 5.75 Å². The van der Waals surface area contributed by atoms with E-state index in [2.05, 4.69) is 21.2 Å². The van der Waals surface area contributed by atoms with Gasteiger partial charge in [0.05, 0.1) is 4.91 Å². The minimum absolute atomic E-state index is 0.334. The van der Waals surface area contributed by atoms with Gasteiger partial charge in [0.1, 0.15) is 12.4 Å². The van der Waals surface area contributed by atoms with Gasteiger partial charge >= 0.3 is 0 Å². The van der Waals surface area contributed by atoms with E-state index >= 15 is 0 Å². The number of aryl methyl sites for hydroxylation is 2. The van der Waals surface area contributed by atoms with E-state index in [1.165, 1.54) is 0 Å². The summed E-state index contributed by atoms with van der Waals surface area (Å²) in [5.74, 6) is 0.491. The zero-order valence-electron chi connectivity index (χ0n) is 13.8. The lowest BCUT2D eigenvalue weighted by molar-refractivity contribution is -0.115. The summed E-state index contributed by atoms with van der Waals surface area (Å²) in [5, 5.41) is 1.92. The van der Waals surface area contributed by atoms with Crippen LogP contribution in [0.3, 0.4) is 0 Å². The molecule has 25 heavy (non-hydrogen) atoms. The number of ether oxygens (including phenoxy) is 1. The van der Waals surface area contributed by atoms with Crippen molar-refractivity contribution in [3.05, 3.63) is 68.0 Å². The van der Waals surface area contributed by atoms with Gasteiger partial charge in [0.2, 0.25) is 0 Å². The molecule has 4 nitrogen and oxygen atoms in total. The number of hydrogen-bond donors (Lipinski definition) is 1. The monoisotopic (exact) mass is 417 g/mol. The summed E-state index contributed by atoms with van der Waals surface area (Å²) in [6.07, 6.45) is 1.73. The third kappa shape index (κ3) is 4.32. The second-order valence-electron chi connectivity index (χ2n) is 5.75. The Bertz CT molecular complexity index is 852. The second-order valence-corrected chi connectivity index (χ2v) is 7.68. The molecule has 0 bridgehead atoms. The molecular formula is C19H16BrNO3S. The zero-order chi connectivity index (χ0) is 18.0. The first kappa shape index (κ1) is 17.8. The average Bonchev–Trinajstić information content (AvgIpc) is 2.86. The van der Waals surface area contributed by atoms with Crippen LogP contribution in [0.2, 0.25) is 0 Å². The first-order valence-electron chi connectivity index (χ1n) is 7.66. The number of halogens is 1.